The Hall–Kier alpha value is -2.74. The van der Waals surface area contributed by atoms with Gasteiger partial charge in [-0.2, -0.15) is 0 Å². The van der Waals surface area contributed by atoms with Crippen LogP contribution in [0.25, 0.3) is 0 Å². The summed E-state index contributed by atoms with van der Waals surface area (Å²) in [6.07, 6.45) is 1.82. The summed E-state index contributed by atoms with van der Waals surface area (Å²) in [5.41, 5.74) is 2.58. The monoisotopic (exact) mass is 432 g/mol. The summed E-state index contributed by atoms with van der Waals surface area (Å²) in [6, 6.07) is 12.7. The van der Waals surface area contributed by atoms with Crippen LogP contribution in [0.15, 0.2) is 42.5 Å². The first-order valence-corrected chi connectivity index (χ1v) is 11.8. The predicted octanol–water partition coefficient (Wildman–Crippen LogP) is 3.19. The summed E-state index contributed by atoms with van der Waals surface area (Å²) in [6.45, 7) is 5.13. The highest BCUT2D eigenvalue weighted by Gasteiger charge is 2.19. The zero-order valence-corrected chi connectivity index (χ0v) is 18.4. The van der Waals surface area contributed by atoms with Crippen molar-refractivity contribution in [2.75, 3.05) is 30.3 Å². The molecule has 1 amide bonds. The minimum Gasteiger partial charge on any atom is -0.486 e. The first kappa shape index (κ1) is 22.0. The number of sulfonamides is 1. The molecule has 1 aliphatic rings. The number of carbonyl (C=O) groups is 1. The number of hydrogen-bond donors (Lipinski definition) is 1. The lowest BCUT2D eigenvalue weighted by Gasteiger charge is -2.23. The number of benzene rings is 2. The molecule has 1 heterocycles. The molecule has 3 rings (SSSR count). The van der Waals surface area contributed by atoms with Crippen LogP contribution in [0.2, 0.25) is 0 Å². The van der Waals surface area contributed by atoms with Crippen LogP contribution in [0.5, 0.6) is 11.5 Å². The largest absolute Gasteiger partial charge is 0.486 e. The third-order valence-electron chi connectivity index (χ3n) is 4.93. The molecule has 162 valence electrons. The highest BCUT2D eigenvalue weighted by atomic mass is 32.2. The molecule has 0 fully saturated rings. The van der Waals surface area contributed by atoms with E-state index in [0.29, 0.717) is 36.8 Å². The summed E-state index contributed by atoms with van der Waals surface area (Å²) in [4.78, 5) is 12.4. The summed E-state index contributed by atoms with van der Waals surface area (Å²) in [7, 11) is -3.43. The van der Waals surface area contributed by atoms with Gasteiger partial charge in [-0.3, -0.25) is 9.10 Å². The number of nitrogens with zero attached hydrogens (tertiary/aromatic N) is 1. The molecule has 0 unspecified atom stereocenters. The van der Waals surface area contributed by atoms with Crippen molar-refractivity contribution in [3.8, 4) is 11.5 Å². The Kier molecular flexibility index (Phi) is 6.87. The summed E-state index contributed by atoms with van der Waals surface area (Å²) in [5.74, 6) is 1.26. The lowest BCUT2D eigenvalue weighted by Crippen LogP contribution is -2.32. The van der Waals surface area contributed by atoms with Gasteiger partial charge in [0.25, 0.3) is 0 Å². The van der Waals surface area contributed by atoms with E-state index in [1.807, 2.05) is 44.2 Å². The van der Waals surface area contributed by atoms with Gasteiger partial charge in [-0.1, -0.05) is 23.8 Å². The van der Waals surface area contributed by atoms with E-state index in [1.165, 1.54) is 10.6 Å². The van der Waals surface area contributed by atoms with Crippen LogP contribution in [0, 0.1) is 6.92 Å². The summed E-state index contributed by atoms with van der Waals surface area (Å²) >= 11 is 0. The molecule has 7 nitrogen and oxygen atoms in total. The number of nitrogens with one attached hydrogen (secondary N) is 1. The molecule has 0 saturated carbocycles. The SMILES string of the molecule is Cc1ccc(N(CCCC(=O)N[C@@H](C)c2ccc3c(c2)OCCO3)S(C)(=O)=O)cc1. The first-order chi connectivity index (χ1) is 14.2. The van der Waals surface area contributed by atoms with E-state index >= 15 is 0 Å². The highest BCUT2D eigenvalue weighted by Crippen LogP contribution is 2.32. The number of rotatable bonds is 8. The number of fused-ring (bicyclic) bond motifs is 1. The van der Waals surface area contributed by atoms with Gasteiger partial charge >= 0.3 is 0 Å². The van der Waals surface area contributed by atoms with Crippen LogP contribution in [-0.2, 0) is 14.8 Å². The Morgan fingerprint density at radius 1 is 1.10 bits per heavy atom. The third-order valence-corrected chi connectivity index (χ3v) is 6.13. The van der Waals surface area contributed by atoms with E-state index in [2.05, 4.69) is 5.32 Å². The quantitative estimate of drug-likeness (QED) is 0.693. The fourth-order valence-electron chi connectivity index (χ4n) is 3.31. The maximum atomic E-state index is 12.4. The molecular weight excluding hydrogens is 404 g/mol. The van der Waals surface area contributed by atoms with Crippen LogP contribution in [0.1, 0.15) is 36.9 Å². The first-order valence-electron chi connectivity index (χ1n) is 9.97. The fourth-order valence-corrected chi connectivity index (χ4v) is 4.27. The molecule has 0 saturated heterocycles. The molecule has 2 aromatic carbocycles. The smallest absolute Gasteiger partial charge is 0.232 e. The number of amides is 1. The average molecular weight is 433 g/mol. The Morgan fingerprint density at radius 2 is 1.77 bits per heavy atom. The van der Waals surface area contributed by atoms with Gasteiger partial charge in [0, 0.05) is 13.0 Å². The van der Waals surface area contributed by atoms with E-state index in [4.69, 9.17) is 9.47 Å². The summed E-state index contributed by atoms with van der Waals surface area (Å²) in [5, 5.41) is 2.96. The number of aryl methyl sites for hydroxylation is 1. The molecule has 0 aliphatic carbocycles. The Bertz CT molecular complexity index is 989. The van der Waals surface area contributed by atoms with Crippen molar-refractivity contribution in [2.24, 2.45) is 0 Å². The molecule has 2 aromatic rings. The molecule has 1 N–H and O–H groups in total. The van der Waals surface area contributed by atoms with Gasteiger partial charge in [-0.15, -0.1) is 0 Å². The van der Waals surface area contributed by atoms with Crippen molar-refractivity contribution in [1.29, 1.82) is 0 Å². The molecule has 0 spiro atoms. The predicted molar refractivity (Wildman–Crippen MR) is 117 cm³/mol. The second-order valence-electron chi connectivity index (χ2n) is 7.47. The van der Waals surface area contributed by atoms with Gasteiger partial charge in [0.1, 0.15) is 13.2 Å². The van der Waals surface area contributed by atoms with Crippen LogP contribution in [0.4, 0.5) is 5.69 Å². The van der Waals surface area contributed by atoms with Crippen LogP contribution >= 0.6 is 0 Å². The number of hydrogen-bond acceptors (Lipinski definition) is 5. The lowest BCUT2D eigenvalue weighted by atomic mass is 10.1. The molecule has 0 radical (unpaired) electrons. The molecule has 8 heteroatoms. The van der Waals surface area contributed by atoms with Gasteiger partial charge in [0.2, 0.25) is 15.9 Å². The molecule has 0 bridgehead atoms. The maximum absolute atomic E-state index is 12.4. The Labute approximate surface area is 178 Å². The number of anilines is 1. The minimum absolute atomic E-state index is 0.130. The van der Waals surface area contributed by atoms with Crippen LogP contribution < -0.4 is 19.1 Å². The topological polar surface area (TPSA) is 84.9 Å². The highest BCUT2D eigenvalue weighted by molar-refractivity contribution is 7.92. The van der Waals surface area contributed by atoms with Crippen molar-refractivity contribution in [2.45, 2.75) is 32.7 Å². The van der Waals surface area contributed by atoms with Crippen LogP contribution in [-0.4, -0.2) is 40.3 Å². The van der Waals surface area contributed by atoms with Gasteiger partial charge < -0.3 is 14.8 Å². The third kappa shape index (κ3) is 5.66. The second-order valence-corrected chi connectivity index (χ2v) is 9.37. The average Bonchev–Trinajstić information content (AvgIpc) is 2.71. The normalized spacial score (nSPS) is 14.1. The van der Waals surface area contributed by atoms with Crippen molar-refractivity contribution in [3.63, 3.8) is 0 Å². The van der Waals surface area contributed by atoms with Crippen molar-refractivity contribution < 1.29 is 22.7 Å². The van der Waals surface area contributed by atoms with E-state index in [1.54, 1.807) is 12.1 Å². The van der Waals surface area contributed by atoms with E-state index in [-0.39, 0.29) is 24.9 Å². The van der Waals surface area contributed by atoms with E-state index in [9.17, 15) is 13.2 Å². The van der Waals surface area contributed by atoms with Crippen LogP contribution in [0.3, 0.4) is 0 Å². The zero-order valence-electron chi connectivity index (χ0n) is 17.6. The van der Waals surface area contributed by atoms with Gasteiger partial charge in [-0.25, -0.2) is 8.42 Å². The van der Waals surface area contributed by atoms with E-state index in [0.717, 1.165) is 11.1 Å². The lowest BCUT2D eigenvalue weighted by molar-refractivity contribution is -0.121. The Morgan fingerprint density at radius 3 is 2.43 bits per heavy atom. The molecule has 0 aromatic heterocycles. The molecule has 1 aliphatic heterocycles. The van der Waals surface area contributed by atoms with Crippen molar-refractivity contribution in [1.82, 2.24) is 5.32 Å². The van der Waals surface area contributed by atoms with Crippen molar-refractivity contribution >= 4 is 21.6 Å². The van der Waals surface area contributed by atoms with Gasteiger partial charge in [-0.05, 0) is 50.1 Å². The fraction of sp³-hybridized carbons (Fsp3) is 0.409. The molecule has 30 heavy (non-hydrogen) atoms. The molecular formula is C22H28N2O5S. The molecule has 1 atom stereocenters. The minimum atomic E-state index is -3.43. The maximum Gasteiger partial charge on any atom is 0.232 e. The second kappa shape index (κ2) is 9.38. The van der Waals surface area contributed by atoms with E-state index < -0.39 is 10.0 Å². The van der Waals surface area contributed by atoms with Gasteiger partial charge in [0.15, 0.2) is 11.5 Å². The number of carbonyl (C=O) groups excluding carboxylic acids is 1. The number of ether oxygens (including phenoxy) is 2. The summed E-state index contributed by atoms with van der Waals surface area (Å²) < 4.78 is 36.8. The van der Waals surface area contributed by atoms with Gasteiger partial charge in [0.05, 0.1) is 18.0 Å². The van der Waals surface area contributed by atoms with Crippen molar-refractivity contribution in [3.05, 3.63) is 53.6 Å². The zero-order chi connectivity index (χ0) is 21.7. The standard InChI is InChI=1S/C22H28N2O5S/c1-16-6-9-19(10-7-16)24(30(3,26)27)12-4-5-22(25)23-17(2)18-8-11-20-21(15-18)29-14-13-28-20/h6-11,15,17H,4-5,12-14H2,1-3H3,(H,23,25)/t17-/m0/s1. The Balaban J connectivity index is 1.55.